The molecule has 0 aromatic carbocycles. The minimum absolute atomic E-state index is 0.105. The maximum atomic E-state index is 12.3. The molecule has 0 bridgehead atoms. The predicted octanol–water partition coefficient (Wildman–Crippen LogP) is 1.82. The zero-order chi connectivity index (χ0) is 13.2. The number of anilines is 1. The van der Waals surface area contributed by atoms with Gasteiger partial charge in [-0.2, -0.15) is 13.2 Å². The highest BCUT2D eigenvalue weighted by Crippen LogP contribution is 2.27. The molecule has 1 saturated heterocycles. The van der Waals surface area contributed by atoms with Crippen LogP contribution in [-0.4, -0.2) is 32.0 Å². The van der Waals surface area contributed by atoms with Crippen LogP contribution >= 0.6 is 0 Å². The van der Waals surface area contributed by atoms with Crippen LogP contribution in [0.3, 0.4) is 0 Å². The van der Waals surface area contributed by atoms with Crippen molar-refractivity contribution >= 4 is 16.6 Å². The van der Waals surface area contributed by atoms with Crippen LogP contribution in [0.2, 0.25) is 0 Å². The smallest absolute Gasteiger partial charge is 0.366 e. The van der Waals surface area contributed by atoms with Crippen molar-refractivity contribution in [3.05, 3.63) is 17.8 Å². The molecule has 0 saturated carbocycles. The Balaban J connectivity index is 1.96. The molecule has 100 valence electrons. The van der Waals surface area contributed by atoms with Crippen LogP contribution < -0.4 is 5.32 Å². The second-order valence-electron chi connectivity index (χ2n) is 4.07. The predicted molar refractivity (Wildman–Crippen MR) is 61.6 cm³/mol. The molecule has 8 heteroatoms. The van der Waals surface area contributed by atoms with Crippen molar-refractivity contribution in [2.24, 2.45) is 0 Å². The van der Waals surface area contributed by atoms with Crippen LogP contribution in [0.4, 0.5) is 19.0 Å². The summed E-state index contributed by atoms with van der Waals surface area (Å²) in [6.45, 7) is 0. The quantitative estimate of drug-likeness (QED) is 0.897. The van der Waals surface area contributed by atoms with E-state index in [9.17, 15) is 17.4 Å². The minimum Gasteiger partial charge on any atom is -0.366 e. The summed E-state index contributed by atoms with van der Waals surface area (Å²) in [6, 6.07) is 2.27. The van der Waals surface area contributed by atoms with Gasteiger partial charge in [0.05, 0.1) is 0 Å². The Kier molecular flexibility index (Phi) is 3.84. The molecular weight excluding hydrogens is 267 g/mol. The Morgan fingerprint density at radius 2 is 1.89 bits per heavy atom. The number of alkyl halides is 3. The molecule has 2 heterocycles. The number of rotatable bonds is 2. The van der Waals surface area contributed by atoms with Crippen LogP contribution in [0.15, 0.2) is 12.1 Å². The molecule has 0 atom stereocenters. The van der Waals surface area contributed by atoms with Crippen LogP contribution in [-0.2, 0) is 17.0 Å². The Labute approximate surface area is 104 Å². The first kappa shape index (κ1) is 13.3. The SMILES string of the molecule is O=S1CCC(Nc2ccc(C(F)(F)F)nn2)CC1. The summed E-state index contributed by atoms with van der Waals surface area (Å²) in [6.07, 6.45) is -3.00. The molecular formula is C10H12F3N3OS. The molecule has 2 rings (SSSR count). The van der Waals surface area contributed by atoms with E-state index < -0.39 is 22.7 Å². The number of hydrogen-bond donors (Lipinski definition) is 1. The first-order valence-electron chi connectivity index (χ1n) is 5.47. The maximum Gasteiger partial charge on any atom is 0.435 e. The van der Waals surface area contributed by atoms with E-state index in [1.165, 1.54) is 6.07 Å². The molecule has 18 heavy (non-hydrogen) atoms. The zero-order valence-corrected chi connectivity index (χ0v) is 10.2. The van der Waals surface area contributed by atoms with Gasteiger partial charge in [0.25, 0.3) is 0 Å². The molecule has 1 aliphatic rings. The number of aromatic nitrogens is 2. The lowest BCUT2D eigenvalue weighted by Crippen LogP contribution is -2.29. The van der Waals surface area contributed by atoms with Crippen molar-refractivity contribution in [3.8, 4) is 0 Å². The van der Waals surface area contributed by atoms with Gasteiger partial charge in [0.15, 0.2) is 5.69 Å². The van der Waals surface area contributed by atoms with Crippen LogP contribution in [0.1, 0.15) is 18.5 Å². The molecule has 0 unspecified atom stereocenters. The van der Waals surface area contributed by atoms with Gasteiger partial charge in [-0.3, -0.25) is 4.21 Å². The van der Waals surface area contributed by atoms with E-state index in [4.69, 9.17) is 0 Å². The van der Waals surface area contributed by atoms with Gasteiger partial charge in [0.1, 0.15) is 5.82 Å². The fraction of sp³-hybridized carbons (Fsp3) is 0.600. The molecule has 0 aliphatic carbocycles. The van der Waals surface area contributed by atoms with Crippen LogP contribution in [0.25, 0.3) is 0 Å². The second-order valence-corrected chi connectivity index (χ2v) is 5.76. The lowest BCUT2D eigenvalue weighted by atomic mass is 10.1. The molecule has 1 aliphatic heterocycles. The lowest BCUT2D eigenvalue weighted by Gasteiger charge is -2.22. The van der Waals surface area contributed by atoms with E-state index >= 15 is 0 Å². The summed E-state index contributed by atoms with van der Waals surface area (Å²) in [4.78, 5) is 0. The molecule has 0 radical (unpaired) electrons. The minimum atomic E-state index is -4.47. The fourth-order valence-electron chi connectivity index (χ4n) is 1.71. The summed E-state index contributed by atoms with van der Waals surface area (Å²) in [7, 11) is -0.759. The normalized spacial score (nSPS) is 24.8. The molecule has 0 spiro atoms. The van der Waals surface area contributed by atoms with E-state index in [2.05, 4.69) is 15.5 Å². The van der Waals surface area contributed by atoms with Crippen molar-refractivity contribution in [2.45, 2.75) is 25.1 Å². The van der Waals surface area contributed by atoms with E-state index in [0.29, 0.717) is 17.3 Å². The average molecular weight is 279 g/mol. The topological polar surface area (TPSA) is 54.9 Å². The van der Waals surface area contributed by atoms with Crippen molar-refractivity contribution in [1.82, 2.24) is 10.2 Å². The van der Waals surface area contributed by atoms with Crippen LogP contribution in [0.5, 0.6) is 0 Å². The second kappa shape index (κ2) is 5.21. The first-order valence-corrected chi connectivity index (χ1v) is 6.96. The molecule has 4 nitrogen and oxygen atoms in total. The Morgan fingerprint density at radius 3 is 2.39 bits per heavy atom. The Hall–Kier alpha value is -1.18. The van der Waals surface area contributed by atoms with Gasteiger partial charge < -0.3 is 5.32 Å². The summed E-state index contributed by atoms with van der Waals surface area (Å²) < 4.78 is 47.9. The largest absolute Gasteiger partial charge is 0.435 e. The fourth-order valence-corrected chi connectivity index (χ4v) is 3.01. The number of nitrogens with one attached hydrogen (secondary N) is 1. The van der Waals surface area contributed by atoms with E-state index in [1.807, 2.05) is 0 Å². The van der Waals surface area contributed by atoms with Crippen molar-refractivity contribution in [3.63, 3.8) is 0 Å². The summed E-state index contributed by atoms with van der Waals surface area (Å²) >= 11 is 0. The molecule has 0 amide bonds. The highest BCUT2D eigenvalue weighted by atomic mass is 32.2. The lowest BCUT2D eigenvalue weighted by molar-refractivity contribution is -0.141. The molecule has 1 N–H and O–H groups in total. The third-order valence-corrected chi connectivity index (χ3v) is 4.08. The van der Waals surface area contributed by atoms with Gasteiger partial charge in [-0.15, -0.1) is 10.2 Å². The first-order chi connectivity index (χ1) is 8.45. The van der Waals surface area contributed by atoms with E-state index in [0.717, 1.165) is 18.9 Å². The van der Waals surface area contributed by atoms with Crippen molar-refractivity contribution in [2.75, 3.05) is 16.8 Å². The maximum absolute atomic E-state index is 12.3. The number of nitrogens with zero attached hydrogens (tertiary/aromatic N) is 2. The van der Waals surface area contributed by atoms with Gasteiger partial charge in [-0.25, -0.2) is 0 Å². The Bertz CT molecular complexity index is 425. The Morgan fingerprint density at radius 1 is 1.22 bits per heavy atom. The van der Waals surface area contributed by atoms with Crippen molar-refractivity contribution < 1.29 is 17.4 Å². The van der Waals surface area contributed by atoms with Gasteiger partial charge in [-0.05, 0) is 25.0 Å². The van der Waals surface area contributed by atoms with Crippen molar-refractivity contribution in [1.29, 1.82) is 0 Å². The number of halogens is 3. The molecule has 1 fully saturated rings. The van der Waals surface area contributed by atoms with Gasteiger partial charge in [0, 0.05) is 28.3 Å². The van der Waals surface area contributed by atoms with Gasteiger partial charge >= 0.3 is 6.18 Å². The van der Waals surface area contributed by atoms with Gasteiger partial charge in [-0.1, -0.05) is 0 Å². The molecule has 1 aromatic rings. The number of hydrogen-bond acceptors (Lipinski definition) is 4. The zero-order valence-electron chi connectivity index (χ0n) is 9.41. The van der Waals surface area contributed by atoms with E-state index in [1.54, 1.807) is 0 Å². The van der Waals surface area contributed by atoms with Gasteiger partial charge in [0.2, 0.25) is 0 Å². The highest BCUT2D eigenvalue weighted by Gasteiger charge is 2.33. The monoisotopic (exact) mass is 279 g/mol. The average Bonchev–Trinajstić information content (AvgIpc) is 2.32. The molecule has 1 aromatic heterocycles. The third-order valence-electron chi connectivity index (χ3n) is 2.69. The highest BCUT2D eigenvalue weighted by molar-refractivity contribution is 7.85. The standard InChI is InChI=1S/C10H12F3N3OS/c11-10(12,13)8-1-2-9(16-15-8)14-7-3-5-18(17)6-4-7/h1-2,7H,3-6H2,(H,14,16). The van der Waals surface area contributed by atoms with Crippen LogP contribution in [0, 0.1) is 0 Å². The summed E-state index contributed by atoms with van der Waals surface area (Å²) in [5.74, 6) is 1.55. The summed E-state index contributed by atoms with van der Waals surface area (Å²) in [5, 5.41) is 9.64. The summed E-state index contributed by atoms with van der Waals surface area (Å²) in [5.41, 5.74) is -1.00. The third kappa shape index (κ3) is 3.41. The van der Waals surface area contributed by atoms with E-state index in [-0.39, 0.29) is 6.04 Å².